The van der Waals surface area contributed by atoms with Gasteiger partial charge in [-0.25, -0.2) is 4.79 Å². The summed E-state index contributed by atoms with van der Waals surface area (Å²) < 4.78 is 9.73. The summed E-state index contributed by atoms with van der Waals surface area (Å²) >= 11 is 0. The van der Waals surface area contributed by atoms with Crippen LogP contribution in [0.5, 0.6) is 0 Å². The van der Waals surface area contributed by atoms with Gasteiger partial charge < -0.3 is 20.5 Å². The predicted octanol–water partition coefficient (Wildman–Crippen LogP) is 2.56. The number of pyridine rings is 2. The lowest BCUT2D eigenvalue weighted by atomic mass is 10.2. The lowest BCUT2D eigenvalue weighted by molar-refractivity contribution is -0.145. The Bertz CT molecular complexity index is 721. The first-order valence-corrected chi connectivity index (χ1v) is 8.40. The molecule has 0 aromatic carbocycles. The van der Waals surface area contributed by atoms with Gasteiger partial charge in [-0.05, 0) is 38.1 Å². The summed E-state index contributed by atoms with van der Waals surface area (Å²) in [6, 6.07) is 7.14. The van der Waals surface area contributed by atoms with Crippen molar-refractivity contribution in [2.45, 2.75) is 20.3 Å². The smallest absolute Gasteiger partial charge is 0.336 e. The molecule has 0 aliphatic heterocycles. The number of carbonyl (C=O) groups excluding carboxylic acids is 2. The third-order valence-electron chi connectivity index (χ3n) is 2.94. The quantitative estimate of drug-likeness (QED) is 0.563. The van der Waals surface area contributed by atoms with Crippen LogP contribution in [0.1, 0.15) is 20.3 Å². The molecule has 3 N–H and O–H groups in total. The van der Waals surface area contributed by atoms with Gasteiger partial charge in [-0.3, -0.25) is 14.8 Å². The number of esters is 2. The normalized spacial score (nSPS) is 10.2. The van der Waals surface area contributed by atoms with Crippen LogP contribution in [0.3, 0.4) is 0 Å². The highest BCUT2D eigenvalue weighted by Crippen LogP contribution is 2.09. The van der Waals surface area contributed by atoms with E-state index in [0.717, 1.165) is 0 Å². The van der Waals surface area contributed by atoms with Crippen LogP contribution in [-0.2, 0) is 19.1 Å². The van der Waals surface area contributed by atoms with Crippen LogP contribution in [0.4, 0.5) is 11.4 Å². The van der Waals surface area contributed by atoms with E-state index in [1.807, 2.05) is 0 Å². The van der Waals surface area contributed by atoms with E-state index in [1.165, 1.54) is 6.20 Å². The van der Waals surface area contributed by atoms with Gasteiger partial charge in [0.1, 0.15) is 0 Å². The van der Waals surface area contributed by atoms with Crippen molar-refractivity contribution in [3.05, 3.63) is 60.8 Å². The molecule has 27 heavy (non-hydrogen) atoms. The van der Waals surface area contributed by atoms with E-state index in [2.05, 4.69) is 15.3 Å². The SMILES string of the molecule is CCOC(=O)C/C(=C/Nc1cccnc1)C(=O)OCC.Nc1cccnc1. The van der Waals surface area contributed by atoms with Crippen molar-refractivity contribution in [1.29, 1.82) is 0 Å². The molecule has 144 valence electrons. The zero-order valence-electron chi connectivity index (χ0n) is 15.4. The minimum atomic E-state index is -0.544. The summed E-state index contributed by atoms with van der Waals surface area (Å²) in [4.78, 5) is 30.9. The molecule has 0 radical (unpaired) electrons. The maximum atomic E-state index is 11.8. The summed E-state index contributed by atoms with van der Waals surface area (Å²) in [7, 11) is 0. The Morgan fingerprint density at radius 1 is 1.07 bits per heavy atom. The van der Waals surface area contributed by atoms with E-state index in [4.69, 9.17) is 15.2 Å². The van der Waals surface area contributed by atoms with Crippen LogP contribution in [0.25, 0.3) is 0 Å². The number of nitrogens with zero attached hydrogens (tertiary/aromatic N) is 2. The second kappa shape index (κ2) is 12.9. The van der Waals surface area contributed by atoms with Crippen molar-refractivity contribution in [2.24, 2.45) is 0 Å². The topological polar surface area (TPSA) is 116 Å². The van der Waals surface area contributed by atoms with Crippen molar-refractivity contribution in [1.82, 2.24) is 9.97 Å². The molecule has 2 aromatic heterocycles. The first-order chi connectivity index (χ1) is 13.1. The molecule has 0 spiro atoms. The van der Waals surface area contributed by atoms with Crippen molar-refractivity contribution in [3.8, 4) is 0 Å². The molecule has 0 unspecified atom stereocenters. The first-order valence-electron chi connectivity index (χ1n) is 8.40. The van der Waals surface area contributed by atoms with Crippen molar-refractivity contribution >= 4 is 23.3 Å². The maximum Gasteiger partial charge on any atom is 0.336 e. The summed E-state index contributed by atoms with van der Waals surface area (Å²) in [6.45, 7) is 3.92. The van der Waals surface area contributed by atoms with Crippen LogP contribution >= 0.6 is 0 Å². The fraction of sp³-hybridized carbons (Fsp3) is 0.263. The number of rotatable bonds is 7. The molecule has 0 atom stereocenters. The van der Waals surface area contributed by atoms with Gasteiger partial charge in [0.05, 0.1) is 42.8 Å². The van der Waals surface area contributed by atoms with Crippen LogP contribution < -0.4 is 11.1 Å². The molecule has 0 amide bonds. The van der Waals surface area contributed by atoms with Crippen LogP contribution in [-0.4, -0.2) is 35.1 Å². The highest BCUT2D eigenvalue weighted by atomic mass is 16.5. The predicted molar refractivity (Wildman–Crippen MR) is 102 cm³/mol. The highest BCUT2D eigenvalue weighted by Gasteiger charge is 2.15. The average Bonchev–Trinajstić information content (AvgIpc) is 2.67. The number of anilines is 2. The minimum Gasteiger partial charge on any atom is -0.466 e. The van der Waals surface area contributed by atoms with Gasteiger partial charge in [0.15, 0.2) is 0 Å². The summed E-state index contributed by atoms with van der Waals surface area (Å²) in [6.07, 6.45) is 7.84. The molecule has 0 saturated carbocycles. The van der Waals surface area contributed by atoms with Gasteiger partial charge >= 0.3 is 11.9 Å². The largest absolute Gasteiger partial charge is 0.466 e. The molecular weight excluding hydrogens is 348 g/mol. The van der Waals surface area contributed by atoms with Gasteiger partial charge in [0.25, 0.3) is 0 Å². The van der Waals surface area contributed by atoms with Crippen LogP contribution in [0, 0.1) is 0 Å². The molecule has 0 aliphatic rings. The number of nitrogens with one attached hydrogen (secondary N) is 1. The Hall–Kier alpha value is -3.42. The summed E-state index contributed by atoms with van der Waals surface area (Å²) in [5.74, 6) is -1.02. The third kappa shape index (κ3) is 9.59. The monoisotopic (exact) mass is 372 g/mol. The number of nitrogens with two attached hydrogens (primary N) is 1. The number of carbonyl (C=O) groups is 2. The van der Waals surface area contributed by atoms with E-state index in [-0.39, 0.29) is 25.2 Å². The Labute approximate surface area is 158 Å². The van der Waals surface area contributed by atoms with E-state index < -0.39 is 11.9 Å². The average molecular weight is 372 g/mol. The lowest BCUT2D eigenvalue weighted by Crippen LogP contribution is -2.14. The first kappa shape index (κ1) is 21.6. The van der Waals surface area contributed by atoms with Crippen LogP contribution in [0.2, 0.25) is 0 Å². The maximum absolute atomic E-state index is 11.8. The minimum absolute atomic E-state index is 0.139. The molecule has 2 rings (SSSR count). The molecule has 0 bridgehead atoms. The van der Waals surface area contributed by atoms with Crippen LogP contribution in [0.15, 0.2) is 60.8 Å². The van der Waals surface area contributed by atoms with E-state index in [9.17, 15) is 9.59 Å². The zero-order valence-corrected chi connectivity index (χ0v) is 15.4. The fourth-order valence-electron chi connectivity index (χ4n) is 1.77. The van der Waals surface area contributed by atoms with Crippen molar-refractivity contribution < 1.29 is 19.1 Å². The number of aromatic nitrogens is 2. The van der Waals surface area contributed by atoms with E-state index >= 15 is 0 Å². The van der Waals surface area contributed by atoms with Crippen molar-refractivity contribution in [2.75, 3.05) is 24.3 Å². The molecule has 8 heteroatoms. The molecule has 0 fully saturated rings. The Kier molecular flexibility index (Phi) is 10.3. The van der Waals surface area contributed by atoms with Gasteiger partial charge in [0, 0.05) is 24.8 Å². The molecular formula is C19H24N4O4. The van der Waals surface area contributed by atoms with E-state index in [1.54, 1.807) is 62.9 Å². The molecule has 0 saturated heterocycles. The fourth-order valence-corrected chi connectivity index (χ4v) is 1.77. The second-order valence-electron chi connectivity index (χ2n) is 5.04. The van der Waals surface area contributed by atoms with E-state index in [0.29, 0.717) is 11.4 Å². The number of nitrogen functional groups attached to an aromatic ring is 1. The molecule has 2 aromatic rings. The Balaban J connectivity index is 0.000000433. The summed E-state index contributed by atoms with van der Waals surface area (Å²) in [5, 5.41) is 2.90. The third-order valence-corrected chi connectivity index (χ3v) is 2.94. The summed E-state index contributed by atoms with van der Waals surface area (Å²) in [5.41, 5.74) is 6.92. The highest BCUT2D eigenvalue weighted by molar-refractivity contribution is 5.94. The lowest BCUT2D eigenvalue weighted by Gasteiger charge is -2.08. The standard InChI is InChI=1S/C14H18N2O4.C5H6N2/c1-3-19-13(17)8-11(14(18)20-4-2)9-16-12-6-5-7-15-10-12;6-5-2-1-3-7-4-5/h5-7,9-10,16H,3-4,8H2,1-2H3;1-4H,6H2/b11-9-;. The van der Waals surface area contributed by atoms with Gasteiger partial charge in [-0.1, -0.05) is 0 Å². The van der Waals surface area contributed by atoms with Crippen molar-refractivity contribution in [3.63, 3.8) is 0 Å². The Morgan fingerprint density at radius 3 is 2.22 bits per heavy atom. The number of ether oxygens (including phenoxy) is 2. The number of hydrogen-bond donors (Lipinski definition) is 2. The van der Waals surface area contributed by atoms with Gasteiger partial charge in [-0.2, -0.15) is 0 Å². The van der Waals surface area contributed by atoms with Gasteiger partial charge in [-0.15, -0.1) is 0 Å². The Morgan fingerprint density at radius 2 is 1.74 bits per heavy atom. The molecule has 8 nitrogen and oxygen atoms in total. The zero-order chi connectivity index (χ0) is 19.9. The van der Waals surface area contributed by atoms with Gasteiger partial charge in [0.2, 0.25) is 0 Å². The second-order valence-corrected chi connectivity index (χ2v) is 5.04. The molecule has 2 heterocycles. The molecule has 0 aliphatic carbocycles. The number of hydrogen-bond acceptors (Lipinski definition) is 8.